The highest BCUT2D eigenvalue weighted by Crippen LogP contribution is 2.18. The third kappa shape index (κ3) is 2.64. The number of rotatable bonds is 1. The van der Waals surface area contributed by atoms with E-state index >= 15 is 0 Å². The zero-order chi connectivity index (χ0) is 19.6. The molecule has 2 rings (SSSR count). The van der Waals surface area contributed by atoms with Gasteiger partial charge in [0, 0.05) is 42.3 Å². The number of ketones is 1. The van der Waals surface area contributed by atoms with Gasteiger partial charge in [-0.2, -0.15) is 0 Å². The van der Waals surface area contributed by atoms with E-state index in [2.05, 4.69) is 0 Å². The minimum Gasteiger partial charge on any atom is -0.338 e. The Balaban J connectivity index is 2.69. The molecule has 0 aliphatic carbocycles. The van der Waals surface area contributed by atoms with Gasteiger partial charge in [-0.25, -0.2) is 4.39 Å². The van der Waals surface area contributed by atoms with Crippen LogP contribution in [0, 0.1) is 5.82 Å². The SMILES string of the molecule is [2H]C1([2H])C(=O)C([2H])([2H])C([2H])([2H])N(C(=O)c2ccc(F)c(Cl)c2)C1([2H])[2H]. The second kappa shape index (κ2) is 4.84. The average Bonchev–Trinajstić information content (AvgIpc) is 2.47. The van der Waals surface area contributed by atoms with Crippen molar-refractivity contribution in [3.8, 4) is 0 Å². The molecular formula is C12H11ClFNO2. The highest BCUT2D eigenvalue weighted by atomic mass is 35.5. The van der Waals surface area contributed by atoms with E-state index in [0.29, 0.717) is 0 Å². The van der Waals surface area contributed by atoms with Gasteiger partial charge < -0.3 is 4.90 Å². The number of Topliss-reactive ketones (excluding diaryl/α,β-unsaturated/α-hetero) is 1. The van der Waals surface area contributed by atoms with E-state index in [-0.39, 0.29) is 4.90 Å². The molecule has 1 aromatic rings. The van der Waals surface area contributed by atoms with Crippen molar-refractivity contribution in [1.29, 1.82) is 0 Å². The van der Waals surface area contributed by atoms with Gasteiger partial charge in [-0.1, -0.05) is 11.6 Å². The third-order valence-corrected chi connectivity index (χ3v) is 2.22. The van der Waals surface area contributed by atoms with Crippen LogP contribution in [0.5, 0.6) is 0 Å². The summed E-state index contributed by atoms with van der Waals surface area (Å²) in [5.74, 6) is -4.35. The summed E-state index contributed by atoms with van der Waals surface area (Å²) in [6.45, 7) is -7.03. The number of carbonyl (C=O) groups is 2. The lowest BCUT2D eigenvalue weighted by atomic mass is 10.1. The van der Waals surface area contributed by atoms with Crippen LogP contribution < -0.4 is 0 Å². The van der Waals surface area contributed by atoms with Gasteiger partial charge in [0.05, 0.1) is 5.02 Å². The molecule has 0 spiro atoms. The molecular weight excluding hydrogens is 245 g/mol. The zero-order valence-electron chi connectivity index (χ0n) is 16.3. The smallest absolute Gasteiger partial charge is 0.253 e. The van der Waals surface area contributed by atoms with E-state index < -0.39 is 53.8 Å². The molecule has 1 aliphatic heterocycles. The van der Waals surface area contributed by atoms with Gasteiger partial charge in [-0.05, 0) is 18.2 Å². The lowest BCUT2D eigenvalue weighted by molar-refractivity contribution is -0.120. The van der Waals surface area contributed by atoms with Crippen LogP contribution in [0.1, 0.15) is 34.1 Å². The molecule has 0 unspecified atom stereocenters. The molecule has 1 amide bonds. The van der Waals surface area contributed by atoms with Crippen molar-refractivity contribution in [2.45, 2.75) is 12.7 Å². The van der Waals surface area contributed by atoms with Crippen molar-refractivity contribution >= 4 is 23.3 Å². The van der Waals surface area contributed by atoms with Crippen molar-refractivity contribution in [1.82, 2.24) is 4.90 Å². The summed E-state index contributed by atoms with van der Waals surface area (Å²) in [6, 6.07) is 2.39. The van der Waals surface area contributed by atoms with Crippen molar-refractivity contribution in [2.24, 2.45) is 0 Å². The van der Waals surface area contributed by atoms with E-state index in [1.807, 2.05) is 0 Å². The van der Waals surface area contributed by atoms with E-state index in [9.17, 15) is 14.0 Å². The van der Waals surface area contributed by atoms with Crippen LogP contribution in [0.3, 0.4) is 0 Å². The summed E-state index contributed by atoms with van der Waals surface area (Å²) in [5.41, 5.74) is -0.500. The second-order valence-corrected chi connectivity index (χ2v) is 3.48. The summed E-state index contributed by atoms with van der Waals surface area (Å²) in [5, 5.41) is -0.522. The first-order chi connectivity index (χ1) is 11.1. The highest BCUT2D eigenvalue weighted by Gasteiger charge is 2.22. The normalized spacial score (nSPS) is 34.9. The number of piperidine rings is 1. The van der Waals surface area contributed by atoms with Gasteiger partial charge in [-0.15, -0.1) is 0 Å². The molecule has 1 heterocycles. The average molecular weight is 264 g/mol. The lowest BCUT2D eigenvalue weighted by Crippen LogP contribution is -2.38. The van der Waals surface area contributed by atoms with Crippen LogP contribution in [0.25, 0.3) is 0 Å². The van der Waals surface area contributed by atoms with Gasteiger partial charge in [0.2, 0.25) is 0 Å². The fourth-order valence-corrected chi connectivity index (χ4v) is 1.31. The lowest BCUT2D eigenvalue weighted by Gasteiger charge is -2.26. The van der Waals surface area contributed by atoms with Crippen LogP contribution in [-0.2, 0) is 4.79 Å². The molecule has 0 bridgehead atoms. The Morgan fingerprint density at radius 2 is 2.06 bits per heavy atom. The maximum atomic E-state index is 13.2. The number of hydrogen-bond donors (Lipinski definition) is 0. The van der Waals surface area contributed by atoms with Crippen LogP contribution in [-0.4, -0.2) is 29.6 Å². The first-order valence-corrected chi connectivity index (χ1v) is 4.82. The Kier molecular flexibility index (Phi) is 1.56. The van der Waals surface area contributed by atoms with Crippen LogP contribution in [0.4, 0.5) is 4.39 Å². The molecule has 17 heavy (non-hydrogen) atoms. The van der Waals surface area contributed by atoms with Crippen molar-refractivity contribution in [3.63, 3.8) is 0 Å². The largest absolute Gasteiger partial charge is 0.338 e. The minimum absolute atomic E-state index is 0.315. The molecule has 0 radical (unpaired) electrons. The molecule has 1 aliphatic rings. The first-order valence-electron chi connectivity index (χ1n) is 8.45. The quantitative estimate of drug-likeness (QED) is 0.780. The number of nitrogens with zero attached hydrogens (tertiary/aromatic N) is 1. The summed E-state index contributed by atoms with van der Waals surface area (Å²) in [4.78, 5) is 24.2. The van der Waals surface area contributed by atoms with E-state index in [1.54, 1.807) is 0 Å². The topological polar surface area (TPSA) is 37.4 Å². The van der Waals surface area contributed by atoms with Crippen LogP contribution in [0.15, 0.2) is 18.2 Å². The molecule has 0 saturated carbocycles. The second-order valence-electron chi connectivity index (χ2n) is 3.07. The number of carbonyl (C=O) groups excluding carboxylic acids is 2. The first kappa shape index (κ1) is 5.48. The Morgan fingerprint density at radius 1 is 1.41 bits per heavy atom. The molecule has 90 valence electrons. The summed E-state index contributed by atoms with van der Waals surface area (Å²) < 4.78 is 74.7. The molecule has 0 aromatic heterocycles. The summed E-state index contributed by atoms with van der Waals surface area (Å²) in [7, 11) is 0. The van der Waals surface area contributed by atoms with E-state index in [1.165, 1.54) is 0 Å². The molecule has 3 nitrogen and oxygen atoms in total. The van der Waals surface area contributed by atoms with Gasteiger partial charge >= 0.3 is 0 Å². The monoisotopic (exact) mass is 263 g/mol. The predicted octanol–water partition coefficient (Wildman–Crippen LogP) is 2.28. The third-order valence-electron chi connectivity index (χ3n) is 1.93. The predicted molar refractivity (Wildman–Crippen MR) is 61.6 cm³/mol. The molecule has 1 saturated heterocycles. The maximum Gasteiger partial charge on any atom is 0.253 e. The van der Waals surface area contributed by atoms with E-state index in [4.69, 9.17) is 22.6 Å². The summed E-state index contributed by atoms with van der Waals surface area (Å²) >= 11 is 5.54. The van der Waals surface area contributed by atoms with Crippen LogP contribution in [0.2, 0.25) is 5.02 Å². The molecule has 1 fully saturated rings. The van der Waals surface area contributed by atoms with Crippen molar-refractivity contribution in [3.05, 3.63) is 34.6 Å². The Hall–Kier alpha value is -1.42. The Labute approximate surface area is 114 Å². The van der Waals surface area contributed by atoms with Gasteiger partial charge in [0.25, 0.3) is 5.91 Å². The molecule has 1 aromatic carbocycles. The van der Waals surface area contributed by atoms with Crippen molar-refractivity contribution in [2.75, 3.05) is 13.0 Å². The minimum atomic E-state index is -3.53. The number of hydrogen-bond acceptors (Lipinski definition) is 2. The summed E-state index contributed by atoms with van der Waals surface area (Å²) in [6.07, 6.45) is -7.05. The molecule has 0 N–H and O–H groups in total. The standard InChI is InChI=1S/C12H11ClFNO2/c13-10-7-8(1-2-11(10)14)12(17)15-5-3-9(16)4-6-15/h1-2,7H,3-6H2/i3D2,4D2,5D2,6D2. The maximum absolute atomic E-state index is 13.2. The van der Waals surface area contributed by atoms with E-state index in [0.717, 1.165) is 18.2 Å². The van der Waals surface area contributed by atoms with Gasteiger partial charge in [0.1, 0.15) is 11.6 Å². The fourth-order valence-electron chi connectivity index (χ4n) is 1.13. The fraction of sp³-hybridized carbons (Fsp3) is 0.333. The van der Waals surface area contributed by atoms with Crippen LogP contribution >= 0.6 is 11.6 Å². The number of likely N-dealkylation sites (tertiary alicyclic amines) is 1. The Morgan fingerprint density at radius 3 is 2.65 bits per heavy atom. The number of halogens is 2. The number of benzene rings is 1. The highest BCUT2D eigenvalue weighted by molar-refractivity contribution is 6.31. The molecule has 0 atom stereocenters. The van der Waals surface area contributed by atoms with Gasteiger partial charge in [0.15, 0.2) is 0 Å². The van der Waals surface area contributed by atoms with Crippen molar-refractivity contribution < 1.29 is 24.9 Å². The molecule has 5 heteroatoms. The zero-order valence-corrected chi connectivity index (χ0v) is 9.01. The van der Waals surface area contributed by atoms with Gasteiger partial charge in [-0.3, -0.25) is 9.59 Å². The number of amides is 1. The Bertz CT molecular complexity index is 739.